The van der Waals surface area contributed by atoms with E-state index in [0.717, 1.165) is 63.5 Å². The fourth-order valence-electron chi connectivity index (χ4n) is 5.08. The number of hydrogen-bond acceptors (Lipinski definition) is 5. The molecule has 6 nitrogen and oxygen atoms in total. The molecule has 7 heteroatoms. The molecule has 2 heterocycles. The Morgan fingerprint density at radius 3 is 2.40 bits per heavy atom. The number of hydrogen-bond donors (Lipinski definition) is 1. The molecule has 0 spiro atoms. The van der Waals surface area contributed by atoms with E-state index in [0.29, 0.717) is 17.8 Å². The molecule has 0 bridgehead atoms. The summed E-state index contributed by atoms with van der Waals surface area (Å²) >= 11 is 0. The van der Waals surface area contributed by atoms with Gasteiger partial charge in [-0.1, -0.05) is 0 Å². The molecule has 35 heavy (non-hydrogen) atoms. The van der Waals surface area contributed by atoms with Crippen molar-refractivity contribution in [3.8, 4) is 0 Å². The third kappa shape index (κ3) is 5.30. The van der Waals surface area contributed by atoms with Gasteiger partial charge in [-0.3, -0.25) is 14.6 Å². The maximum Gasteiger partial charge on any atom is 0.259 e. The minimum atomic E-state index is -0.213. The van der Waals surface area contributed by atoms with Gasteiger partial charge in [-0.05, 0) is 91.4 Å². The van der Waals surface area contributed by atoms with Crippen LogP contribution in [0.15, 0.2) is 60.8 Å². The smallest absolute Gasteiger partial charge is 0.259 e. The summed E-state index contributed by atoms with van der Waals surface area (Å²) in [7, 11) is 0. The topological polar surface area (TPSA) is 65.7 Å². The first-order valence-corrected chi connectivity index (χ1v) is 12.5. The third-order valence-corrected chi connectivity index (χ3v) is 7.12. The van der Waals surface area contributed by atoms with Gasteiger partial charge < -0.3 is 10.6 Å². The minimum Gasteiger partial charge on any atom is -0.399 e. The lowest BCUT2D eigenvalue weighted by Crippen LogP contribution is -2.49. The Hall–Kier alpha value is -3.45. The number of piperazine rings is 1. The van der Waals surface area contributed by atoms with E-state index in [-0.39, 0.29) is 11.7 Å². The largest absolute Gasteiger partial charge is 0.399 e. The molecule has 5 rings (SSSR count). The van der Waals surface area contributed by atoms with Crippen LogP contribution in [0.3, 0.4) is 0 Å². The summed E-state index contributed by atoms with van der Waals surface area (Å²) in [6, 6.07) is 15.9. The molecule has 1 aromatic heterocycles. The summed E-state index contributed by atoms with van der Waals surface area (Å²) in [5, 5.41) is 0. The first-order valence-electron chi connectivity index (χ1n) is 12.5. The normalized spacial score (nSPS) is 16.1. The molecule has 2 N–H and O–H groups in total. The van der Waals surface area contributed by atoms with E-state index in [1.165, 1.54) is 29.7 Å². The predicted octanol–water partition coefficient (Wildman–Crippen LogP) is 4.15. The lowest BCUT2D eigenvalue weighted by atomic mass is 9.92. The second-order valence-electron chi connectivity index (χ2n) is 9.36. The van der Waals surface area contributed by atoms with E-state index in [2.05, 4.69) is 15.9 Å². The number of aryl methyl sites for hydroxylation is 1. The average Bonchev–Trinajstić information content (AvgIpc) is 2.90. The molecule has 1 aliphatic heterocycles. The van der Waals surface area contributed by atoms with E-state index in [1.54, 1.807) is 24.3 Å². The van der Waals surface area contributed by atoms with Gasteiger partial charge in [-0.15, -0.1) is 0 Å². The first kappa shape index (κ1) is 23.3. The highest BCUT2D eigenvalue weighted by molar-refractivity contribution is 6.06. The van der Waals surface area contributed by atoms with E-state index >= 15 is 0 Å². The highest BCUT2D eigenvalue weighted by atomic mass is 19.1. The lowest BCUT2D eigenvalue weighted by Gasteiger charge is -2.37. The molecule has 182 valence electrons. The Kier molecular flexibility index (Phi) is 6.95. The Labute approximate surface area is 206 Å². The van der Waals surface area contributed by atoms with Crippen LogP contribution < -0.4 is 15.5 Å². The van der Waals surface area contributed by atoms with E-state index in [9.17, 15) is 9.18 Å². The van der Waals surface area contributed by atoms with Crippen LogP contribution in [0.1, 0.15) is 34.3 Å². The lowest BCUT2D eigenvalue weighted by molar-refractivity contribution is 0.0982. The van der Waals surface area contributed by atoms with Gasteiger partial charge in [0.2, 0.25) is 0 Å². The Balaban J connectivity index is 1.31. The van der Waals surface area contributed by atoms with Crippen molar-refractivity contribution >= 4 is 23.1 Å². The first-order chi connectivity index (χ1) is 17.1. The van der Waals surface area contributed by atoms with Crippen molar-refractivity contribution in [2.45, 2.75) is 25.7 Å². The van der Waals surface area contributed by atoms with Gasteiger partial charge in [0.05, 0.1) is 0 Å². The number of carbonyl (C=O) groups excluding carboxylic acids is 1. The second kappa shape index (κ2) is 10.4. The van der Waals surface area contributed by atoms with E-state index in [1.807, 2.05) is 23.2 Å². The Morgan fingerprint density at radius 1 is 0.943 bits per heavy atom. The number of fused-ring (bicyclic) bond motifs is 1. The number of pyridine rings is 1. The molecular weight excluding hydrogens is 441 g/mol. The minimum absolute atomic E-state index is 0.0404. The monoisotopic (exact) mass is 473 g/mol. The molecule has 1 fully saturated rings. The number of rotatable bonds is 6. The number of amides is 1. The quantitative estimate of drug-likeness (QED) is 0.545. The van der Waals surface area contributed by atoms with Crippen LogP contribution in [-0.2, 0) is 12.8 Å². The SMILES string of the molecule is Nc1ccc(C(=O)N(CCN2CCN(c3ccc(F)cc3)CC2)c2nccc3c2CCCC3)cc1. The number of aromatic nitrogens is 1. The fourth-order valence-corrected chi connectivity index (χ4v) is 5.08. The van der Waals surface area contributed by atoms with Crippen molar-refractivity contribution in [2.24, 2.45) is 0 Å². The van der Waals surface area contributed by atoms with Crippen molar-refractivity contribution in [1.82, 2.24) is 9.88 Å². The molecule has 0 saturated carbocycles. The maximum absolute atomic E-state index is 13.7. The van der Waals surface area contributed by atoms with Crippen LogP contribution in [0, 0.1) is 5.82 Å². The van der Waals surface area contributed by atoms with E-state index in [4.69, 9.17) is 10.7 Å². The average molecular weight is 474 g/mol. The van der Waals surface area contributed by atoms with Gasteiger partial charge in [0.25, 0.3) is 5.91 Å². The zero-order valence-electron chi connectivity index (χ0n) is 20.0. The molecule has 1 amide bonds. The molecule has 2 aliphatic rings. The van der Waals surface area contributed by atoms with Crippen molar-refractivity contribution in [2.75, 3.05) is 54.8 Å². The molecule has 1 aliphatic carbocycles. The van der Waals surface area contributed by atoms with Crippen LogP contribution in [0.25, 0.3) is 0 Å². The van der Waals surface area contributed by atoms with Crippen LogP contribution >= 0.6 is 0 Å². The summed E-state index contributed by atoms with van der Waals surface area (Å²) in [5.41, 5.74) is 10.7. The van der Waals surface area contributed by atoms with Gasteiger partial charge in [0.15, 0.2) is 0 Å². The van der Waals surface area contributed by atoms with Crippen molar-refractivity contribution in [3.63, 3.8) is 0 Å². The number of anilines is 3. The van der Waals surface area contributed by atoms with Crippen LogP contribution in [-0.4, -0.2) is 55.1 Å². The molecule has 0 radical (unpaired) electrons. The zero-order chi connectivity index (χ0) is 24.2. The van der Waals surface area contributed by atoms with E-state index < -0.39 is 0 Å². The predicted molar refractivity (Wildman–Crippen MR) is 138 cm³/mol. The number of nitrogens with zero attached hydrogens (tertiary/aromatic N) is 4. The summed E-state index contributed by atoms with van der Waals surface area (Å²) in [6.07, 6.45) is 6.15. The summed E-state index contributed by atoms with van der Waals surface area (Å²) in [5.74, 6) is 0.547. The summed E-state index contributed by atoms with van der Waals surface area (Å²) in [6.45, 7) is 4.86. The third-order valence-electron chi connectivity index (χ3n) is 7.12. The molecule has 1 saturated heterocycles. The van der Waals surface area contributed by atoms with Gasteiger partial charge in [0, 0.05) is 62.4 Å². The van der Waals surface area contributed by atoms with Crippen LogP contribution in [0.5, 0.6) is 0 Å². The van der Waals surface area contributed by atoms with Gasteiger partial charge in [-0.2, -0.15) is 0 Å². The van der Waals surface area contributed by atoms with Crippen molar-refractivity contribution in [1.29, 1.82) is 0 Å². The van der Waals surface area contributed by atoms with Crippen LogP contribution in [0.4, 0.5) is 21.6 Å². The number of carbonyl (C=O) groups is 1. The Morgan fingerprint density at radius 2 is 1.66 bits per heavy atom. The summed E-state index contributed by atoms with van der Waals surface area (Å²) in [4.78, 5) is 24.9. The number of nitrogen functional groups attached to an aromatic ring is 1. The van der Waals surface area contributed by atoms with Gasteiger partial charge >= 0.3 is 0 Å². The molecule has 0 atom stereocenters. The van der Waals surface area contributed by atoms with Crippen molar-refractivity contribution in [3.05, 3.63) is 83.3 Å². The standard InChI is InChI=1S/C28H32FN5O/c29-23-7-11-25(12-8-23)33-18-15-32(16-19-33)17-20-34(28(35)22-5-9-24(30)10-6-22)27-26-4-2-1-3-21(26)13-14-31-27/h5-14H,1-4,15-20,30H2. The van der Waals surface area contributed by atoms with Crippen LogP contribution in [0.2, 0.25) is 0 Å². The number of nitrogens with two attached hydrogens (primary N) is 1. The molecule has 3 aromatic rings. The highest BCUT2D eigenvalue weighted by Gasteiger charge is 2.26. The molecule has 2 aromatic carbocycles. The number of halogens is 1. The van der Waals surface area contributed by atoms with Gasteiger partial charge in [0.1, 0.15) is 11.6 Å². The van der Waals surface area contributed by atoms with Gasteiger partial charge in [-0.25, -0.2) is 9.37 Å². The van der Waals surface area contributed by atoms with Crippen molar-refractivity contribution < 1.29 is 9.18 Å². The zero-order valence-corrected chi connectivity index (χ0v) is 20.0. The molecular formula is C28H32FN5O. The number of benzene rings is 2. The molecule has 0 unspecified atom stereocenters. The highest BCUT2D eigenvalue weighted by Crippen LogP contribution is 2.29. The fraction of sp³-hybridized carbons (Fsp3) is 0.357. The maximum atomic E-state index is 13.7. The Bertz CT molecular complexity index is 1160. The second-order valence-corrected chi connectivity index (χ2v) is 9.36. The summed E-state index contributed by atoms with van der Waals surface area (Å²) < 4.78 is 13.3.